The highest BCUT2D eigenvalue weighted by molar-refractivity contribution is 7.44. The number of rotatable bonds is 22. The molecule has 2 N–H and O–H groups in total. The average molecular weight is 951 g/mol. The van der Waals surface area contributed by atoms with Gasteiger partial charge in [-0.05, 0) is 68.7 Å². The lowest BCUT2D eigenvalue weighted by Crippen LogP contribution is -2.44. The van der Waals surface area contributed by atoms with E-state index in [-0.39, 0.29) is 43.3 Å². The Morgan fingerprint density at radius 3 is 2.06 bits per heavy atom. The number of nitrogens with one attached hydrogen (secondary N) is 2. The van der Waals surface area contributed by atoms with Gasteiger partial charge in [-0.3, -0.25) is 19.5 Å². The van der Waals surface area contributed by atoms with Crippen LogP contribution in [0.1, 0.15) is 64.0 Å². The number of fused-ring (bicyclic) bond motifs is 1. The summed E-state index contributed by atoms with van der Waals surface area (Å²) in [5, 5.41) is 13.9. The quantitative estimate of drug-likeness (QED) is 0.0395. The molecule has 1 fully saturated rings. The zero-order valence-corrected chi connectivity index (χ0v) is 39.0. The van der Waals surface area contributed by atoms with Crippen LogP contribution in [-0.2, 0) is 38.4 Å². The minimum Gasteiger partial charge on any atom is -0.497 e. The van der Waals surface area contributed by atoms with E-state index in [0.717, 1.165) is 16.7 Å². The summed E-state index contributed by atoms with van der Waals surface area (Å²) in [6.45, 7) is 8.06. The maximum Gasteiger partial charge on any atom is 0.471 e. The molecule has 3 aromatic carbocycles. The van der Waals surface area contributed by atoms with Crippen molar-refractivity contribution in [3.05, 3.63) is 108 Å². The number of carbonyl (C=O) groups is 2. The standard InChI is InChI=1S/C46H54F3N8O9P/c1-29(2)57(30(3)4)67(64-24-11-22-50)66-39-38(27-63-45(32-12-9-8-10-13-32,33-14-18-35(60-6)19-15-33)34-16-20-36(61-7)21-17-34)65-42(40(39)62-25-23-51-43(59)46(47,48)49)56-28-53-37-26-52-44(54-31(5)58)55-41(37)56/h8-10,12-21,26,28-30,38-40,42H,11,23-25,27H2,1-7H3,(H,51,59)(H,52,54,55,58)/t38-,39-,40-,42-,67?/m1/s1. The predicted octanol–water partition coefficient (Wildman–Crippen LogP) is 7.43. The van der Waals surface area contributed by atoms with Crippen molar-refractivity contribution < 1.29 is 55.5 Å². The number of alkyl halides is 3. The number of benzene rings is 3. The normalized spacial score (nSPS) is 18.0. The van der Waals surface area contributed by atoms with Crippen LogP contribution in [0.3, 0.4) is 0 Å². The second kappa shape index (κ2) is 22.8. The molecule has 6 rings (SSSR count). The molecule has 0 saturated carbocycles. The van der Waals surface area contributed by atoms with Gasteiger partial charge in [-0.2, -0.15) is 23.4 Å². The lowest BCUT2D eigenvalue weighted by molar-refractivity contribution is -0.174. The van der Waals surface area contributed by atoms with Gasteiger partial charge in [0.15, 0.2) is 11.9 Å². The van der Waals surface area contributed by atoms with Crippen LogP contribution in [-0.4, -0.2) is 113 Å². The second-order valence-corrected chi connectivity index (χ2v) is 17.2. The smallest absolute Gasteiger partial charge is 0.471 e. The topological polar surface area (TPSA) is 193 Å². The van der Waals surface area contributed by atoms with Gasteiger partial charge in [-0.1, -0.05) is 54.6 Å². The number of hydrogen-bond acceptors (Lipinski definition) is 14. The largest absolute Gasteiger partial charge is 0.497 e. The highest BCUT2D eigenvalue weighted by atomic mass is 31.2. The van der Waals surface area contributed by atoms with Crippen LogP contribution in [0.2, 0.25) is 0 Å². The minimum absolute atomic E-state index is 0.0202. The second-order valence-electron chi connectivity index (χ2n) is 15.8. The molecule has 0 aliphatic carbocycles. The number of anilines is 1. The van der Waals surface area contributed by atoms with Gasteiger partial charge in [-0.15, -0.1) is 0 Å². The van der Waals surface area contributed by atoms with Crippen molar-refractivity contribution in [3.63, 3.8) is 0 Å². The molecule has 5 atom stereocenters. The molecule has 3 heterocycles. The number of aromatic nitrogens is 4. The van der Waals surface area contributed by atoms with Crippen LogP contribution in [0, 0.1) is 11.3 Å². The molecule has 1 aliphatic rings. The molecule has 0 bridgehead atoms. The molecule has 2 amide bonds. The van der Waals surface area contributed by atoms with Crippen molar-refractivity contribution in [1.29, 1.82) is 5.26 Å². The van der Waals surface area contributed by atoms with Gasteiger partial charge >= 0.3 is 12.1 Å². The third kappa shape index (κ3) is 12.0. The fourth-order valence-corrected chi connectivity index (χ4v) is 9.51. The molecule has 1 saturated heterocycles. The molecule has 1 aliphatic heterocycles. The molecule has 67 heavy (non-hydrogen) atoms. The first-order valence-electron chi connectivity index (χ1n) is 21.4. The van der Waals surface area contributed by atoms with Crippen molar-refractivity contribution in [2.45, 2.75) is 89.4 Å². The van der Waals surface area contributed by atoms with Gasteiger partial charge in [0, 0.05) is 25.6 Å². The van der Waals surface area contributed by atoms with Gasteiger partial charge < -0.3 is 38.0 Å². The number of nitriles is 1. The van der Waals surface area contributed by atoms with Gasteiger partial charge in [-0.25, -0.2) is 14.6 Å². The van der Waals surface area contributed by atoms with E-state index in [1.54, 1.807) is 18.8 Å². The fourth-order valence-electron chi connectivity index (χ4n) is 7.74. The maximum absolute atomic E-state index is 13.3. The van der Waals surface area contributed by atoms with Crippen LogP contribution >= 0.6 is 8.53 Å². The number of amides is 2. The molecule has 358 valence electrons. The molecule has 1 unspecified atom stereocenters. The predicted molar refractivity (Wildman–Crippen MR) is 241 cm³/mol. The van der Waals surface area contributed by atoms with Crippen LogP contribution in [0.5, 0.6) is 11.5 Å². The Hall–Kier alpha value is -5.78. The van der Waals surface area contributed by atoms with E-state index in [0.29, 0.717) is 17.0 Å². The van der Waals surface area contributed by atoms with Crippen LogP contribution in [0.25, 0.3) is 11.2 Å². The number of hydrogen-bond donors (Lipinski definition) is 2. The van der Waals surface area contributed by atoms with Crippen molar-refractivity contribution >= 4 is 37.5 Å². The number of nitrogens with zero attached hydrogens (tertiary/aromatic N) is 6. The van der Waals surface area contributed by atoms with Crippen LogP contribution < -0.4 is 20.1 Å². The number of ether oxygens (including phenoxy) is 5. The molecule has 0 spiro atoms. The van der Waals surface area contributed by atoms with E-state index in [9.17, 15) is 28.0 Å². The average Bonchev–Trinajstić information content (AvgIpc) is 3.87. The van der Waals surface area contributed by atoms with E-state index in [1.165, 1.54) is 19.4 Å². The Kier molecular flexibility index (Phi) is 17.2. The Morgan fingerprint density at radius 2 is 1.51 bits per heavy atom. The lowest BCUT2D eigenvalue weighted by Gasteiger charge is -2.39. The molecule has 5 aromatic rings. The maximum atomic E-state index is 13.3. The van der Waals surface area contributed by atoms with Gasteiger partial charge in [0.25, 0.3) is 8.53 Å². The monoisotopic (exact) mass is 950 g/mol. The van der Waals surface area contributed by atoms with Crippen molar-refractivity contribution in [3.8, 4) is 17.6 Å². The van der Waals surface area contributed by atoms with Gasteiger partial charge in [0.2, 0.25) is 11.9 Å². The van der Waals surface area contributed by atoms with Crippen molar-refractivity contribution in [1.82, 2.24) is 29.5 Å². The minimum atomic E-state index is -5.12. The van der Waals surface area contributed by atoms with Crippen LogP contribution in [0.4, 0.5) is 19.1 Å². The molecule has 21 heteroatoms. The zero-order valence-electron chi connectivity index (χ0n) is 38.1. The first-order valence-corrected chi connectivity index (χ1v) is 22.6. The Bertz CT molecular complexity index is 2380. The number of halogens is 3. The third-order valence-electron chi connectivity index (χ3n) is 10.6. The molecular weight excluding hydrogens is 897 g/mol. The fraction of sp³-hybridized carbons (Fsp3) is 0.435. The molecule has 17 nitrogen and oxygen atoms in total. The van der Waals surface area contributed by atoms with Crippen molar-refractivity contribution in [2.75, 3.05) is 45.9 Å². The first-order chi connectivity index (χ1) is 32.1. The number of carbonyl (C=O) groups excluding carboxylic acids is 2. The Morgan fingerprint density at radius 1 is 0.896 bits per heavy atom. The summed E-state index contributed by atoms with van der Waals surface area (Å²) in [5.41, 5.74) is 1.40. The zero-order chi connectivity index (χ0) is 48.3. The molecule has 0 radical (unpaired) electrons. The van der Waals surface area contributed by atoms with E-state index in [1.807, 2.05) is 117 Å². The summed E-state index contributed by atoms with van der Waals surface area (Å²) in [7, 11) is 1.14. The summed E-state index contributed by atoms with van der Waals surface area (Å²) in [6.07, 6.45) is -6.72. The van der Waals surface area contributed by atoms with Gasteiger partial charge in [0.05, 0.1) is 59.1 Å². The SMILES string of the molecule is COc1ccc(C(OC[C@H]2O[C@@H](n3cnc4cnc(NC(C)=O)nc43)[C@H](OCCNC(=O)C(F)(F)F)[C@@H]2OP(OCCC#N)N(C(C)C)C(C)C)(c2ccccc2)c2ccc(OC)cc2)cc1. The van der Waals surface area contributed by atoms with E-state index >= 15 is 0 Å². The van der Waals surface area contributed by atoms with Crippen molar-refractivity contribution in [2.24, 2.45) is 0 Å². The Balaban J connectivity index is 1.52. The first kappa shape index (κ1) is 50.6. The van der Waals surface area contributed by atoms with Gasteiger partial charge in [0.1, 0.15) is 40.9 Å². The molecule has 2 aromatic heterocycles. The number of imidazole rings is 1. The summed E-state index contributed by atoms with van der Waals surface area (Å²) >= 11 is 0. The molecular formula is C46H54F3N8O9P. The summed E-state index contributed by atoms with van der Waals surface area (Å²) in [5.74, 6) is -1.35. The highest BCUT2D eigenvalue weighted by Gasteiger charge is 2.52. The van der Waals surface area contributed by atoms with E-state index in [4.69, 9.17) is 32.7 Å². The summed E-state index contributed by atoms with van der Waals surface area (Å²) in [4.78, 5) is 37.2. The third-order valence-corrected chi connectivity index (χ3v) is 12.8. The Labute approximate surface area is 387 Å². The summed E-state index contributed by atoms with van der Waals surface area (Å²) < 4.78 is 88.7. The van der Waals surface area contributed by atoms with E-state index < -0.39 is 69.8 Å². The number of methoxy groups -OCH3 is 2. The van der Waals surface area contributed by atoms with Crippen LogP contribution in [0.15, 0.2) is 91.4 Å². The highest BCUT2D eigenvalue weighted by Crippen LogP contribution is 2.51. The lowest BCUT2D eigenvalue weighted by atomic mass is 9.80. The summed E-state index contributed by atoms with van der Waals surface area (Å²) in [6, 6.07) is 26.3. The van der Waals surface area contributed by atoms with E-state index in [2.05, 4.69) is 26.3 Å².